The van der Waals surface area contributed by atoms with Gasteiger partial charge in [-0.15, -0.1) is 5.10 Å². The second-order valence-electron chi connectivity index (χ2n) is 9.41. The zero-order valence-electron chi connectivity index (χ0n) is 20.5. The highest BCUT2D eigenvalue weighted by atomic mass is 19.4. The van der Waals surface area contributed by atoms with Crippen molar-refractivity contribution in [1.82, 2.24) is 20.5 Å². The molecule has 0 bridgehead atoms. The van der Waals surface area contributed by atoms with Crippen molar-refractivity contribution in [1.29, 1.82) is 0 Å². The lowest BCUT2D eigenvalue weighted by Crippen LogP contribution is -2.27. The van der Waals surface area contributed by atoms with Gasteiger partial charge in [-0.05, 0) is 74.3 Å². The van der Waals surface area contributed by atoms with Gasteiger partial charge in [0.25, 0.3) is 0 Å². The first-order chi connectivity index (χ1) is 17.9. The van der Waals surface area contributed by atoms with Gasteiger partial charge in [0.15, 0.2) is 0 Å². The maximum Gasteiger partial charge on any atom is 0.416 e. The molecular formula is C29H28F3N5. The Morgan fingerprint density at radius 2 is 1.73 bits per heavy atom. The van der Waals surface area contributed by atoms with Gasteiger partial charge < -0.3 is 10.6 Å². The Labute approximate surface area is 214 Å². The fourth-order valence-electron chi connectivity index (χ4n) is 4.71. The van der Waals surface area contributed by atoms with Crippen molar-refractivity contribution < 1.29 is 13.2 Å². The molecule has 0 amide bonds. The first-order valence-corrected chi connectivity index (χ1v) is 12.4. The zero-order chi connectivity index (χ0) is 25.8. The van der Waals surface area contributed by atoms with E-state index in [0.717, 1.165) is 60.4 Å². The highest BCUT2D eigenvalue weighted by Gasteiger charge is 2.31. The number of alkyl halides is 3. The van der Waals surface area contributed by atoms with Crippen LogP contribution < -0.4 is 10.6 Å². The molecule has 8 heteroatoms. The topological polar surface area (TPSA) is 62.7 Å². The Balaban J connectivity index is 1.53. The van der Waals surface area contributed by atoms with E-state index < -0.39 is 11.7 Å². The molecule has 0 unspecified atom stereocenters. The van der Waals surface area contributed by atoms with Crippen LogP contribution in [0.5, 0.6) is 0 Å². The molecule has 4 aromatic rings. The maximum absolute atomic E-state index is 13.5. The normalized spacial score (nSPS) is 14.5. The highest BCUT2D eigenvalue weighted by Crippen LogP contribution is 2.37. The quantitative estimate of drug-likeness (QED) is 0.310. The van der Waals surface area contributed by atoms with Crippen molar-refractivity contribution in [3.8, 4) is 22.4 Å². The molecule has 1 aliphatic heterocycles. The van der Waals surface area contributed by atoms with Gasteiger partial charge in [0.1, 0.15) is 11.5 Å². The molecule has 1 fully saturated rings. The van der Waals surface area contributed by atoms with Crippen LogP contribution in [0.3, 0.4) is 0 Å². The van der Waals surface area contributed by atoms with Gasteiger partial charge in [0.05, 0.1) is 11.3 Å². The van der Waals surface area contributed by atoms with Crippen LogP contribution in [0.25, 0.3) is 22.4 Å². The molecular weight excluding hydrogens is 475 g/mol. The minimum absolute atomic E-state index is 0.254. The second kappa shape index (κ2) is 10.7. The van der Waals surface area contributed by atoms with Crippen LogP contribution >= 0.6 is 0 Å². The van der Waals surface area contributed by atoms with E-state index in [2.05, 4.69) is 31.9 Å². The van der Waals surface area contributed by atoms with Gasteiger partial charge in [0.2, 0.25) is 0 Å². The Bertz CT molecular complexity index is 1380. The third kappa shape index (κ3) is 5.97. The van der Waals surface area contributed by atoms with Crippen LogP contribution in [-0.2, 0) is 12.7 Å². The van der Waals surface area contributed by atoms with Crippen LogP contribution in [0.2, 0.25) is 0 Å². The molecule has 0 aliphatic carbocycles. The van der Waals surface area contributed by atoms with E-state index in [1.807, 2.05) is 43.3 Å². The number of rotatable bonds is 6. The molecule has 0 saturated carbocycles. The molecule has 2 N–H and O–H groups in total. The van der Waals surface area contributed by atoms with Gasteiger partial charge in [-0.1, -0.05) is 42.0 Å². The first-order valence-electron chi connectivity index (χ1n) is 12.4. The van der Waals surface area contributed by atoms with Crippen LogP contribution in [0.4, 0.5) is 19.0 Å². The predicted octanol–water partition coefficient (Wildman–Crippen LogP) is 6.61. The second-order valence-corrected chi connectivity index (χ2v) is 9.41. The molecule has 5 nitrogen and oxygen atoms in total. The lowest BCUT2D eigenvalue weighted by Gasteiger charge is -2.22. The van der Waals surface area contributed by atoms with Crippen molar-refractivity contribution in [2.45, 2.75) is 38.4 Å². The highest BCUT2D eigenvalue weighted by molar-refractivity contribution is 5.81. The van der Waals surface area contributed by atoms with E-state index in [0.29, 0.717) is 23.6 Å². The summed E-state index contributed by atoms with van der Waals surface area (Å²) in [6.45, 7) is 4.46. The van der Waals surface area contributed by atoms with Gasteiger partial charge in [-0.3, -0.25) is 0 Å². The average molecular weight is 504 g/mol. The molecule has 1 aliphatic rings. The Kier molecular flexibility index (Phi) is 7.19. The SMILES string of the molecule is Cc1cccc(CNc2cc(-c3cc(C4CCNCC4)nnc3-c3cccc(C(F)(F)F)c3)ccn2)c1. The largest absolute Gasteiger partial charge is 0.416 e. The number of piperidine rings is 1. The van der Waals surface area contributed by atoms with Crippen molar-refractivity contribution in [3.63, 3.8) is 0 Å². The minimum Gasteiger partial charge on any atom is -0.366 e. The molecule has 5 rings (SSSR count). The summed E-state index contributed by atoms with van der Waals surface area (Å²) < 4.78 is 40.4. The predicted molar refractivity (Wildman–Crippen MR) is 139 cm³/mol. The molecule has 3 heterocycles. The minimum atomic E-state index is -4.44. The van der Waals surface area contributed by atoms with Crippen LogP contribution in [-0.4, -0.2) is 28.3 Å². The standard InChI is InChI=1S/C29H28F3N5/c1-19-4-2-5-20(14-19)18-35-27-16-22(10-13-34-27)25-17-26(21-8-11-33-12-9-21)36-37-28(25)23-6-3-7-24(15-23)29(30,31)32/h2-7,10,13-17,21,33H,8-9,11-12,18H2,1H3,(H,34,35). The summed E-state index contributed by atoms with van der Waals surface area (Å²) in [6.07, 6.45) is -0.857. The molecule has 37 heavy (non-hydrogen) atoms. The fourth-order valence-corrected chi connectivity index (χ4v) is 4.71. The number of hydrogen-bond donors (Lipinski definition) is 2. The number of nitrogens with one attached hydrogen (secondary N) is 2. The maximum atomic E-state index is 13.5. The summed E-state index contributed by atoms with van der Waals surface area (Å²) in [5.74, 6) is 0.929. The Hall–Kier alpha value is -3.78. The van der Waals surface area contributed by atoms with Gasteiger partial charge >= 0.3 is 6.18 Å². The lowest BCUT2D eigenvalue weighted by molar-refractivity contribution is -0.137. The van der Waals surface area contributed by atoms with Gasteiger partial charge in [-0.25, -0.2) is 4.98 Å². The van der Waals surface area contributed by atoms with Crippen LogP contribution in [0.15, 0.2) is 72.9 Å². The number of pyridine rings is 1. The van der Waals surface area contributed by atoms with Gasteiger partial charge in [-0.2, -0.15) is 18.3 Å². The number of aromatic nitrogens is 3. The zero-order valence-corrected chi connectivity index (χ0v) is 20.5. The molecule has 0 spiro atoms. The summed E-state index contributed by atoms with van der Waals surface area (Å²) in [5.41, 5.74) is 4.81. The first kappa shape index (κ1) is 24.9. The number of aryl methyl sites for hydroxylation is 1. The molecule has 2 aromatic carbocycles. The van der Waals surface area contributed by atoms with Crippen molar-refractivity contribution in [2.24, 2.45) is 0 Å². The summed E-state index contributed by atoms with van der Waals surface area (Å²) in [5, 5.41) is 15.7. The molecule has 190 valence electrons. The van der Waals surface area contributed by atoms with E-state index in [4.69, 9.17) is 0 Å². The lowest BCUT2D eigenvalue weighted by atomic mass is 9.91. The Morgan fingerprint density at radius 1 is 0.919 bits per heavy atom. The number of benzene rings is 2. The summed E-state index contributed by atoms with van der Waals surface area (Å²) in [4.78, 5) is 4.46. The smallest absolute Gasteiger partial charge is 0.366 e. The van der Waals surface area contributed by atoms with E-state index in [9.17, 15) is 13.2 Å². The van der Waals surface area contributed by atoms with Gasteiger partial charge in [0, 0.05) is 29.8 Å². The fraction of sp³-hybridized carbons (Fsp3) is 0.276. The number of hydrogen-bond acceptors (Lipinski definition) is 5. The van der Waals surface area contributed by atoms with Crippen LogP contribution in [0.1, 0.15) is 41.1 Å². The summed E-state index contributed by atoms with van der Waals surface area (Å²) in [7, 11) is 0. The average Bonchev–Trinajstić information content (AvgIpc) is 2.92. The van der Waals surface area contributed by atoms with Crippen LogP contribution in [0, 0.1) is 6.92 Å². The Morgan fingerprint density at radius 3 is 2.51 bits per heavy atom. The summed E-state index contributed by atoms with van der Waals surface area (Å²) in [6, 6.07) is 19.2. The van der Waals surface area contributed by atoms with E-state index >= 15 is 0 Å². The van der Waals surface area contributed by atoms with E-state index in [1.165, 1.54) is 11.6 Å². The van der Waals surface area contributed by atoms with Crippen molar-refractivity contribution in [3.05, 3.63) is 95.3 Å². The number of anilines is 1. The third-order valence-electron chi connectivity index (χ3n) is 6.66. The van der Waals surface area contributed by atoms with Crippen molar-refractivity contribution >= 4 is 5.82 Å². The monoisotopic (exact) mass is 503 g/mol. The summed E-state index contributed by atoms with van der Waals surface area (Å²) >= 11 is 0. The third-order valence-corrected chi connectivity index (χ3v) is 6.66. The van der Waals surface area contributed by atoms with Crippen molar-refractivity contribution in [2.75, 3.05) is 18.4 Å². The molecule has 1 saturated heterocycles. The molecule has 2 aromatic heterocycles. The van der Waals surface area contributed by atoms with E-state index in [-0.39, 0.29) is 5.92 Å². The molecule has 0 radical (unpaired) electrons. The van der Waals surface area contributed by atoms with E-state index in [1.54, 1.807) is 12.3 Å². The number of nitrogens with zero attached hydrogens (tertiary/aromatic N) is 3. The molecule has 0 atom stereocenters. The number of halogens is 3.